The molecular weight excluding hydrogens is 196 g/mol. The Labute approximate surface area is 99.6 Å². The highest BCUT2D eigenvalue weighted by Gasteiger charge is 2.36. The molecule has 16 heavy (non-hydrogen) atoms. The minimum atomic E-state index is 0.869. The lowest BCUT2D eigenvalue weighted by molar-refractivity contribution is 0.283. The van der Waals surface area contributed by atoms with E-state index in [0.717, 1.165) is 30.0 Å². The van der Waals surface area contributed by atoms with Crippen molar-refractivity contribution in [2.75, 3.05) is 6.54 Å². The summed E-state index contributed by atoms with van der Waals surface area (Å²) in [6.07, 6.45) is 10.00. The van der Waals surface area contributed by atoms with Gasteiger partial charge in [0.25, 0.3) is 0 Å². The maximum absolute atomic E-state index is 3.73. The summed E-state index contributed by atoms with van der Waals surface area (Å²) in [4.78, 5) is 0. The fraction of sp³-hybridized carbons (Fsp3) is 1.00. The summed E-state index contributed by atoms with van der Waals surface area (Å²) >= 11 is 0. The molecule has 3 fully saturated rings. The normalized spacial score (nSPS) is 45.9. The smallest absolute Gasteiger partial charge is 0.00990 e. The Hall–Kier alpha value is -0.0800. The highest BCUT2D eigenvalue weighted by atomic mass is 15.0. The summed E-state index contributed by atoms with van der Waals surface area (Å²) in [5.74, 6) is 2.01. The molecule has 0 spiro atoms. The Balaban J connectivity index is 1.33. The summed E-state index contributed by atoms with van der Waals surface area (Å²) < 4.78 is 0. The van der Waals surface area contributed by atoms with Gasteiger partial charge in [-0.15, -0.1) is 0 Å². The van der Waals surface area contributed by atoms with Crippen molar-refractivity contribution in [2.24, 2.45) is 11.8 Å². The number of piperidine rings is 1. The Morgan fingerprint density at radius 2 is 1.88 bits per heavy atom. The first-order chi connectivity index (χ1) is 7.85. The van der Waals surface area contributed by atoms with Gasteiger partial charge in [-0.2, -0.15) is 0 Å². The van der Waals surface area contributed by atoms with Gasteiger partial charge in [0.2, 0.25) is 0 Å². The third kappa shape index (κ3) is 2.43. The van der Waals surface area contributed by atoms with E-state index < -0.39 is 0 Å². The van der Waals surface area contributed by atoms with Crippen LogP contribution in [0.5, 0.6) is 0 Å². The predicted octanol–water partition coefficient (Wildman–Crippen LogP) is 2.30. The molecule has 3 aliphatic rings. The summed E-state index contributed by atoms with van der Waals surface area (Å²) in [5, 5.41) is 7.46. The second-order valence-corrected chi connectivity index (χ2v) is 6.23. The number of hydrogen-bond acceptors (Lipinski definition) is 2. The minimum Gasteiger partial charge on any atom is -0.314 e. The molecule has 2 saturated heterocycles. The van der Waals surface area contributed by atoms with Crippen LogP contribution in [-0.4, -0.2) is 24.7 Å². The van der Waals surface area contributed by atoms with Crippen molar-refractivity contribution in [3.05, 3.63) is 0 Å². The van der Waals surface area contributed by atoms with E-state index in [4.69, 9.17) is 0 Å². The number of hydrogen-bond donors (Lipinski definition) is 2. The molecule has 0 aromatic rings. The van der Waals surface area contributed by atoms with Gasteiger partial charge in [-0.25, -0.2) is 0 Å². The van der Waals surface area contributed by atoms with Crippen molar-refractivity contribution in [3.63, 3.8) is 0 Å². The summed E-state index contributed by atoms with van der Waals surface area (Å²) in [7, 11) is 0. The average Bonchev–Trinajstić information content (AvgIpc) is 2.97. The molecule has 0 aromatic heterocycles. The highest BCUT2D eigenvalue weighted by Crippen LogP contribution is 2.34. The zero-order valence-corrected chi connectivity index (χ0v) is 10.5. The van der Waals surface area contributed by atoms with Crippen LogP contribution in [-0.2, 0) is 0 Å². The van der Waals surface area contributed by atoms with Crippen molar-refractivity contribution in [3.8, 4) is 0 Å². The molecule has 2 nitrogen and oxygen atoms in total. The third-order valence-electron chi connectivity index (χ3n) is 4.98. The van der Waals surface area contributed by atoms with Crippen molar-refractivity contribution in [2.45, 2.75) is 70.0 Å². The first kappa shape index (κ1) is 11.0. The van der Waals surface area contributed by atoms with E-state index in [9.17, 15) is 0 Å². The van der Waals surface area contributed by atoms with Gasteiger partial charge < -0.3 is 10.6 Å². The van der Waals surface area contributed by atoms with Crippen molar-refractivity contribution in [1.29, 1.82) is 0 Å². The minimum absolute atomic E-state index is 0.869. The summed E-state index contributed by atoms with van der Waals surface area (Å²) in [6, 6.07) is 2.62. The van der Waals surface area contributed by atoms with E-state index in [1.165, 1.54) is 51.5 Å². The van der Waals surface area contributed by atoms with E-state index in [1.807, 2.05) is 0 Å². The van der Waals surface area contributed by atoms with Crippen LogP contribution in [0.4, 0.5) is 0 Å². The maximum atomic E-state index is 3.73. The molecule has 2 N–H and O–H groups in total. The molecule has 2 bridgehead atoms. The molecule has 4 unspecified atom stereocenters. The van der Waals surface area contributed by atoms with Crippen LogP contribution in [0, 0.1) is 11.8 Å². The Morgan fingerprint density at radius 1 is 1.12 bits per heavy atom. The van der Waals surface area contributed by atoms with Gasteiger partial charge in [0.05, 0.1) is 0 Å². The first-order valence-electron chi connectivity index (χ1n) is 7.34. The van der Waals surface area contributed by atoms with Gasteiger partial charge in [0.1, 0.15) is 0 Å². The molecule has 2 heterocycles. The Kier molecular flexibility index (Phi) is 3.21. The van der Waals surface area contributed by atoms with Crippen molar-refractivity contribution >= 4 is 0 Å². The van der Waals surface area contributed by atoms with Gasteiger partial charge in [0, 0.05) is 18.1 Å². The van der Waals surface area contributed by atoms with Crippen molar-refractivity contribution in [1.82, 2.24) is 10.6 Å². The van der Waals surface area contributed by atoms with Crippen LogP contribution in [0.3, 0.4) is 0 Å². The Morgan fingerprint density at radius 3 is 2.50 bits per heavy atom. The topological polar surface area (TPSA) is 24.1 Å². The van der Waals surface area contributed by atoms with Crippen LogP contribution in [0.1, 0.15) is 51.9 Å². The lowest BCUT2D eigenvalue weighted by atomic mass is 9.90. The fourth-order valence-electron chi connectivity index (χ4n) is 3.83. The number of fused-ring (bicyclic) bond motifs is 2. The average molecular weight is 222 g/mol. The molecular formula is C14H26N2. The number of rotatable bonds is 5. The molecule has 3 rings (SSSR count). The van der Waals surface area contributed by atoms with Gasteiger partial charge in [-0.3, -0.25) is 0 Å². The molecule has 2 heteroatoms. The van der Waals surface area contributed by atoms with E-state index in [1.54, 1.807) is 0 Å². The fourth-order valence-corrected chi connectivity index (χ4v) is 3.83. The first-order valence-corrected chi connectivity index (χ1v) is 7.34. The molecule has 0 amide bonds. The van der Waals surface area contributed by atoms with Crippen LogP contribution >= 0.6 is 0 Å². The van der Waals surface area contributed by atoms with E-state index in [-0.39, 0.29) is 0 Å². The monoisotopic (exact) mass is 222 g/mol. The van der Waals surface area contributed by atoms with Gasteiger partial charge >= 0.3 is 0 Å². The Bertz CT molecular complexity index is 229. The maximum Gasteiger partial charge on any atom is 0.00990 e. The largest absolute Gasteiger partial charge is 0.314 e. The van der Waals surface area contributed by atoms with Crippen molar-refractivity contribution < 1.29 is 0 Å². The molecule has 0 radical (unpaired) electrons. The zero-order chi connectivity index (χ0) is 11.0. The zero-order valence-electron chi connectivity index (χ0n) is 10.5. The van der Waals surface area contributed by atoms with Crippen LogP contribution < -0.4 is 10.6 Å². The quantitative estimate of drug-likeness (QED) is 0.746. The second kappa shape index (κ2) is 4.66. The second-order valence-electron chi connectivity index (χ2n) is 6.23. The molecule has 1 aliphatic carbocycles. The molecule has 2 aliphatic heterocycles. The lowest BCUT2D eigenvalue weighted by Crippen LogP contribution is -2.38. The van der Waals surface area contributed by atoms with E-state index in [0.29, 0.717) is 0 Å². The van der Waals surface area contributed by atoms with E-state index >= 15 is 0 Å². The SMILES string of the molecule is CCC1CC1NCCC1CC2CCC(C1)N2. The molecule has 92 valence electrons. The summed E-state index contributed by atoms with van der Waals surface area (Å²) in [6.45, 7) is 3.59. The van der Waals surface area contributed by atoms with Crippen LogP contribution in [0.15, 0.2) is 0 Å². The third-order valence-corrected chi connectivity index (χ3v) is 4.98. The van der Waals surface area contributed by atoms with Crippen LogP contribution in [0.25, 0.3) is 0 Å². The predicted molar refractivity (Wildman–Crippen MR) is 67.5 cm³/mol. The summed E-state index contributed by atoms with van der Waals surface area (Å²) in [5.41, 5.74) is 0. The molecule has 4 atom stereocenters. The standard InChI is InChI=1S/C14H26N2/c1-2-11-9-14(11)15-6-5-10-7-12-3-4-13(8-10)16-12/h10-16H,2-9H2,1H3. The van der Waals surface area contributed by atoms with Gasteiger partial charge in [0.15, 0.2) is 0 Å². The molecule has 0 aromatic carbocycles. The number of nitrogens with one attached hydrogen (secondary N) is 2. The van der Waals surface area contributed by atoms with Gasteiger partial charge in [-0.1, -0.05) is 13.3 Å². The van der Waals surface area contributed by atoms with Crippen LogP contribution in [0.2, 0.25) is 0 Å². The molecule has 1 saturated carbocycles. The van der Waals surface area contributed by atoms with E-state index in [2.05, 4.69) is 17.6 Å². The van der Waals surface area contributed by atoms with Gasteiger partial charge in [-0.05, 0) is 56.9 Å². The lowest BCUT2D eigenvalue weighted by Gasteiger charge is -2.29. The highest BCUT2D eigenvalue weighted by molar-refractivity contribution is 4.94.